The second-order valence-electron chi connectivity index (χ2n) is 4.11. The van der Waals surface area contributed by atoms with Gasteiger partial charge < -0.3 is 15.4 Å². The van der Waals surface area contributed by atoms with Crippen LogP contribution in [0.5, 0.6) is 0 Å². The van der Waals surface area contributed by atoms with Crippen molar-refractivity contribution in [3.63, 3.8) is 0 Å². The van der Waals surface area contributed by atoms with Gasteiger partial charge in [0, 0.05) is 33.0 Å². The molecule has 0 fully saturated rings. The third-order valence-corrected chi connectivity index (χ3v) is 2.67. The van der Waals surface area contributed by atoms with E-state index in [1.807, 2.05) is 0 Å². The average Bonchev–Trinajstić information content (AvgIpc) is 2.41. The predicted molar refractivity (Wildman–Crippen MR) is 69.8 cm³/mol. The number of carbonyl (C=O) groups is 1. The lowest BCUT2D eigenvalue weighted by atomic mass is 10.1. The van der Waals surface area contributed by atoms with Crippen LogP contribution >= 0.6 is 0 Å². The molecule has 2 N–H and O–H groups in total. The largest absolute Gasteiger partial charge is 0.416 e. The summed E-state index contributed by atoms with van der Waals surface area (Å²) in [5.74, 6) is -0.545. The van der Waals surface area contributed by atoms with Crippen molar-refractivity contribution in [1.29, 1.82) is 0 Å². The fourth-order valence-corrected chi connectivity index (χ4v) is 1.64. The summed E-state index contributed by atoms with van der Waals surface area (Å²) in [6, 6.07) is 3.03. The predicted octanol–water partition coefficient (Wildman–Crippen LogP) is 2.51. The normalized spacial score (nSPS) is 11.2. The van der Waals surface area contributed by atoms with E-state index in [0.717, 1.165) is 12.1 Å². The molecule has 1 aromatic rings. The molecular weight excluding hydrogens is 273 g/mol. The van der Waals surface area contributed by atoms with Crippen LogP contribution in [-0.2, 0) is 10.9 Å². The molecular formula is C13H17F3N2O2. The van der Waals surface area contributed by atoms with E-state index >= 15 is 0 Å². The minimum absolute atomic E-state index is 0.0280. The van der Waals surface area contributed by atoms with Crippen LogP contribution in [0.15, 0.2) is 18.2 Å². The van der Waals surface area contributed by atoms with Crippen LogP contribution < -0.4 is 10.6 Å². The Hall–Kier alpha value is -1.76. The van der Waals surface area contributed by atoms with Gasteiger partial charge in [-0.3, -0.25) is 4.79 Å². The maximum absolute atomic E-state index is 12.7. The van der Waals surface area contributed by atoms with Gasteiger partial charge in [0.05, 0.1) is 11.1 Å². The molecule has 112 valence electrons. The molecule has 20 heavy (non-hydrogen) atoms. The lowest BCUT2D eigenvalue weighted by Crippen LogP contribution is -2.26. The summed E-state index contributed by atoms with van der Waals surface area (Å²) in [7, 11) is 3.08. The van der Waals surface area contributed by atoms with E-state index < -0.39 is 17.6 Å². The van der Waals surface area contributed by atoms with Gasteiger partial charge in [-0.25, -0.2) is 0 Å². The number of hydrogen-bond donors (Lipinski definition) is 2. The van der Waals surface area contributed by atoms with Crippen LogP contribution in [0.3, 0.4) is 0 Å². The van der Waals surface area contributed by atoms with Gasteiger partial charge in [0.2, 0.25) is 0 Å². The van der Waals surface area contributed by atoms with E-state index in [2.05, 4.69) is 10.6 Å². The summed E-state index contributed by atoms with van der Waals surface area (Å²) in [4.78, 5) is 11.9. The first-order valence-electron chi connectivity index (χ1n) is 6.06. The molecule has 0 aliphatic carbocycles. The lowest BCUT2D eigenvalue weighted by molar-refractivity contribution is -0.137. The number of anilines is 1. The zero-order valence-corrected chi connectivity index (χ0v) is 11.3. The maximum atomic E-state index is 12.7. The summed E-state index contributed by atoms with van der Waals surface area (Å²) >= 11 is 0. The van der Waals surface area contributed by atoms with Gasteiger partial charge in [0.1, 0.15) is 0 Å². The number of nitrogens with one attached hydrogen (secondary N) is 2. The first-order chi connectivity index (χ1) is 9.40. The molecule has 0 saturated carbocycles. The Bertz CT molecular complexity index is 461. The van der Waals surface area contributed by atoms with Gasteiger partial charge in [-0.2, -0.15) is 13.2 Å². The van der Waals surface area contributed by atoms with Crippen molar-refractivity contribution in [2.75, 3.05) is 32.6 Å². The van der Waals surface area contributed by atoms with Crippen LogP contribution in [0.1, 0.15) is 22.3 Å². The SMILES string of the molecule is CNc1ccc(C(F)(F)F)cc1C(=O)NCCCOC. The monoisotopic (exact) mass is 290 g/mol. The molecule has 0 saturated heterocycles. The van der Waals surface area contributed by atoms with E-state index in [1.54, 1.807) is 7.05 Å². The molecule has 0 radical (unpaired) electrons. The zero-order chi connectivity index (χ0) is 15.2. The number of methoxy groups -OCH3 is 1. The Morgan fingerprint density at radius 2 is 2.05 bits per heavy atom. The van der Waals surface area contributed by atoms with Crippen molar-refractivity contribution in [2.24, 2.45) is 0 Å². The fraction of sp³-hybridized carbons (Fsp3) is 0.462. The van der Waals surface area contributed by atoms with Crippen molar-refractivity contribution >= 4 is 11.6 Å². The van der Waals surface area contributed by atoms with Crippen LogP contribution in [0.2, 0.25) is 0 Å². The highest BCUT2D eigenvalue weighted by atomic mass is 19.4. The average molecular weight is 290 g/mol. The standard InChI is InChI=1S/C13H17F3N2O2/c1-17-11-5-4-9(13(14,15)16)8-10(11)12(19)18-6-3-7-20-2/h4-5,8,17H,3,6-7H2,1-2H3,(H,18,19). The first kappa shape index (κ1) is 16.3. The number of carbonyl (C=O) groups excluding carboxylic acids is 1. The van der Waals surface area contributed by atoms with E-state index in [0.29, 0.717) is 25.3 Å². The molecule has 7 heteroatoms. The minimum Gasteiger partial charge on any atom is -0.387 e. The molecule has 1 aromatic carbocycles. The van der Waals surface area contributed by atoms with Gasteiger partial charge in [0.15, 0.2) is 0 Å². The van der Waals surface area contributed by atoms with E-state index in [4.69, 9.17) is 4.74 Å². The van der Waals surface area contributed by atoms with Crippen molar-refractivity contribution < 1.29 is 22.7 Å². The summed E-state index contributed by atoms with van der Waals surface area (Å²) < 4.78 is 42.8. The van der Waals surface area contributed by atoms with Crippen molar-refractivity contribution in [2.45, 2.75) is 12.6 Å². The van der Waals surface area contributed by atoms with Gasteiger partial charge in [0.25, 0.3) is 5.91 Å². The highest BCUT2D eigenvalue weighted by Crippen LogP contribution is 2.31. The number of benzene rings is 1. The molecule has 4 nitrogen and oxygen atoms in total. The Morgan fingerprint density at radius 1 is 1.35 bits per heavy atom. The number of halogens is 3. The molecule has 0 aliphatic rings. The Labute approximate surface area is 115 Å². The van der Waals surface area contributed by atoms with Crippen LogP contribution in [0.4, 0.5) is 18.9 Å². The van der Waals surface area contributed by atoms with Gasteiger partial charge in [-0.05, 0) is 24.6 Å². The Kier molecular flexibility index (Phi) is 5.82. The first-order valence-corrected chi connectivity index (χ1v) is 6.06. The van der Waals surface area contributed by atoms with E-state index in [-0.39, 0.29) is 5.56 Å². The maximum Gasteiger partial charge on any atom is 0.416 e. The summed E-state index contributed by atoms with van der Waals surface area (Å²) in [5, 5.41) is 5.26. The molecule has 1 amide bonds. The van der Waals surface area contributed by atoms with Crippen molar-refractivity contribution in [1.82, 2.24) is 5.32 Å². The smallest absolute Gasteiger partial charge is 0.387 e. The molecule has 0 aliphatic heterocycles. The molecule has 1 rings (SSSR count). The molecule has 0 heterocycles. The van der Waals surface area contributed by atoms with Crippen molar-refractivity contribution in [3.05, 3.63) is 29.3 Å². The zero-order valence-electron chi connectivity index (χ0n) is 11.3. The number of alkyl halides is 3. The van der Waals surface area contributed by atoms with E-state index in [1.165, 1.54) is 13.2 Å². The second kappa shape index (κ2) is 7.14. The molecule has 0 bridgehead atoms. The number of amides is 1. The lowest BCUT2D eigenvalue weighted by Gasteiger charge is -2.13. The summed E-state index contributed by atoms with van der Waals surface area (Å²) in [6.07, 6.45) is -3.88. The van der Waals surface area contributed by atoms with E-state index in [9.17, 15) is 18.0 Å². The Morgan fingerprint density at radius 3 is 2.60 bits per heavy atom. The van der Waals surface area contributed by atoms with Gasteiger partial charge in [-0.15, -0.1) is 0 Å². The van der Waals surface area contributed by atoms with Gasteiger partial charge in [-0.1, -0.05) is 0 Å². The minimum atomic E-state index is -4.47. The summed E-state index contributed by atoms with van der Waals surface area (Å²) in [6.45, 7) is 0.813. The number of hydrogen-bond acceptors (Lipinski definition) is 3. The fourth-order valence-electron chi connectivity index (χ4n) is 1.64. The molecule has 0 unspecified atom stereocenters. The Balaban J connectivity index is 2.88. The topological polar surface area (TPSA) is 50.4 Å². The number of ether oxygens (including phenoxy) is 1. The third-order valence-electron chi connectivity index (χ3n) is 2.67. The highest BCUT2D eigenvalue weighted by molar-refractivity contribution is 5.99. The second-order valence-corrected chi connectivity index (χ2v) is 4.11. The number of rotatable bonds is 6. The molecule has 0 spiro atoms. The van der Waals surface area contributed by atoms with Crippen LogP contribution in [-0.4, -0.2) is 33.2 Å². The molecule has 0 aromatic heterocycles. The third kappa shape index (κ3) is 4.41. The molecule has 0 atom stereocenters. The highest BCUT2D eigenvalue weighted by Gasteiger charge is 2.31. The van der Waals surface area contributed by atoms with Gasteiger partial charge >= 0.3 is 6.18 Å². The van der Waals surface area contributed by atoms with Crippen LogP contribution in [0.25, 0.3) is 0 Å². The quantitative estimate of drug-likeness (QED) is 0.792. The summed E-state index contributed by atoms with van der Waals surface area (Å²) in [5.41, 5.74) is -0.527. The van der Waals surface area contributed by atoms with Crippen LogP contribution in [0, 0.1) is 0 Å². The van der Waals surface area contributed by atoms with Crippen molar-refractivity contribution in [3.8, 4) is 0 Å².